The second-order valence-corrected chi connectivity index (χ2v) is 13.2. The molecule has 1 N–H and O–H groups in total. The van der Waals surface area contributed by atoms with Crippen molar-refractivity contribution in [3.05, 3.63) is 93.5 Å². The third-order valence-electron chi connectivity index (χ3n) is 7.47. The van der Waals surface area contributed by atoms with Gasteiger partial charge in [0.25, 0.3) is 10.0 Å². The molecule has 4 rings (SSSR count). The number of nitrogens with zero attached hydrogens (tertiary/aromatic N) is 2. The molecular weight excluding hydrogens is 581 g/mol. The zero-order chi connectivity index (χ0) is 29.7. The number of carbonyl (C=O) groups excluding carboxylic acids is 2. The van der Waals surface area contributed by atoms with Crippen molar-refractivity contribution in [2.24, 2.45) is 0 Å². The summed E-state index contributed by atoms with van der Waals surface area (Å²) >= 11 is 12.6. The Morgan fingerprint density at radius 3 is 2.32 bits per heavy atom. The van der Waals surface area contributed by atoms with E-state index in [1.54, 1.807) is 56.3 Å². The van der Waals surface area contributed by atoms with Crippen molar-refractivity contribution < 1.29 is 18.0 Å². The number of hydrogen-bond acceptors (Lipinski definition) is 4. The molecule has 218 valence electrons. The summed E-state index contributed by atoms with van der Waals surface area (Å²) in [6, 6.07) is 17.6. The number of hydrogen-bond donors (Lipinski definition) is 1. The molecule has 1 aliphatic rings. The van der Waals surface area contributed by atoms with Crippen molar-refractivity contribution in [1.82, 2.24) is 10.2 Å². The smallest absolute Gasteiger partial charge is 0.264 e. The predicted molar refractivity (Wildman–Crippen MR) is 164 cm³/mol. The topological polar surface area (TPSA) is 86.8 Å². The van der Waals surface area contributed by atoms with E-state index in [1.165, 1.54) is 17.0 Å². The summed E-state index contributed by atoms with van der Waals surface area (Å²) < 4.78 is 29.1. The SMILES string of the molecule is Cc1ccc(C)c(N(CC(=O)N(Cc2ccc(Cl)cc2Cl)[C@@H](C)C(=O)NC2CCCC2)S(=O)(=O)c2ccccc2)c1. The highest BCUT2D eigenvalue weighted by Crippen LogP contribution is 2.29. The van der Waals surface area contributed by atoms with E-state index >= 15 is 0 Å². The van der Waals surface area contributed by atoms with E-state index in [0.717, 1.165) is 35.6 Å². The Morgan fingerprint density at radius 2 is 1.66 bits per heavy atom. The van der Waals surface area contributed by atoms with Gasteiger partial charge in [0.2, 0.25) is 11.8 Å². The molecule has 2 amide bonds. The number of aryl methyl sites for hydroxylation is 2. The molecule has 3 aromatic carbocycles. The van der Waals surface area contributed by atoms with Crippen LogP contribution in [-0.4, -0.2) is 43.8 Å². The summed E-state index contributed by atoms with van der Waals surface area (Å²) in [6.07, 6.45) is 3.88. The maximum Gasteiger partial charge on any atom is 0.264 e. The number of nitrogens with one attached hydrogen (secondary N) is 1. The van der Waals surface area contributed by atoms with Crippen LogP contribution in [0.15, 0.2) is 71.6 Å². The summed E-state index contributed by atoms with van der Waals surface area (Å²) in [6.45, 7) is 4.81. The summed E-state index contributed by atoms with van der Waals surface area (Å²) in [7, 11) is -4.13. The molecule has 1 aliphatic carbocycles. The minimum Gasteiger partial charge on any atom is -0.352 e. The molecule has 0 heterocycles. The molecule has 0 spiro atoms. The van der Waals surface area contributed by atoms with E-state index in [4.69, 9.17) is 23.2 Å². The van der Waals surface area contributed by atoms with Gasteiger partial charge in [-0.15, -0.1) is 0 Å². The fourth-order valence-electron chi connectivity index (χ4n) is 5.03. The lowest BCUT2D eigenvalue weighted by molar-refractivity contribution is -0.139. The number of carbonyl (C=O) groups is 2. The molecule has 0 bridgehead atoms. The minimum absolute atomic E-state index is 0.000112. The average molecular weight is 617 g/mol. The standard InChI is InChI=1S/C31H35Cl2N3O4S/c1-21-13-14-22(2)29(17-21)36(41(39,40)27-11-5-4-6-12-27)20-30(37)35(19-24-15-16-25(32)18-28(24)33)23(3)31(38)34-26-9-7-8-10-26/h4-6,11-18,23,26H,7-10,19-20H2,1-3H3,(H,34,38)/t23-/m0/s1. The van der Waals surface area contributed by atoms with Gasteiger partial charge in [0.1, 0.15) is 12.6 Å². The number of rotatable bonds is 10. The molecule has 0 radical (unpaired) electrons. The number of benzene rings is 3. The maximum atomic E-state index is 14.1. The number of sulfonamides is 1. The number of amides is 2. The van der Waals surface area contributed by atoms with Crippen LogP contribution >= 0.6 is 23.2 Å². The van der Waals surface area contributed by atoms with Crippen LogP contribution in [0.5, 0.6) is 0 Å². The van der Waals surface area contributed by atoms with E-state index in [1.807, 2.05) is 19.1 Å². The molecular formula is C31H35Cl2N3O4S. The number of anilines is 1. The van der Waals surface area contributed by atoms with Crippen molar-refractivity contribution in [3.63, 3.8) is 0 Å². The van der Waals surface area contributed by atoms with Crippen molar-refractivity contribution in [2.45, 2.75) is 70.0 Å². The normalized spacial score (nSPS) is 14.5. The molecule has 41 heavy (non-hydrogen) atoms. The summed E-state index contributed by atoms with van der Waals surface area (Å²) in [5.41, 5.74) is 2.53. The van der Waals surface area contributed by atoms with Gasteiger partial charge in [0, 0.05) is 22.6 Å². The first-order chi connectivity index (χ1) is 19.5. The van der Waals surface area contributed by atoms with E-state index in [0.29, 0.717) is 26.9 Å². The van der Waals surface area contributed by atoms with Crippen molar-refractivity contribution >= 4 is 50.7 Å². The fraction of sp³-hybridized carbons (Fsp3) is 0.355. The van der Waals surface area contributed by atoms with Gasteiger partial charge in [-0.3, -0.25) is 13.9 Å². The molecule has 0 saturated heterocycles. The maximum absolute atomic E-state index is 14.1. The summed E-state index contributed by atoms with van der Waals surface area (Å²) in [4.78, 5) is 28.9. The molecule has 10 heteroatoms. The minimum atomic E-state index is -4.13. The van der Waals surface area contributed by atoms with E-state index < -0.39 is 28.5 Å². The predicted octanol–water partition coefficient (Wildman–Crippen LogP) is 6.28. The molecule has 0 aromatic heterocycles. The van der Waals surface area contributed by atoms with Gasteiger partial charge in [-0.25, -0.2) is 8.42 Å². The number of halogens is 2. The average Bonchev–Trinajstić information content (AvgIpc) is 3.45. The van der Waals surface area contributed by atoms with Gasteiger partial charge in [-0.05, 0) is 80.6 Å². The molecule has 3 aromatic rings. The monoisotopic (exact) mass is 615 g/mol. The van der Waals surface area contributed by atoms with Gasteiger partial charge < -0.3 is 10.2 Å². The lowest BCUT2D eigenvalue weighted by Crippen LogP contribution is -2.52. The molecule has 0 unspecified atom stereocenters. The first-order valence-corrected chi connectivity index (χ1v) is 15.9. The van der Waals surface area contributed by atoms with Gasteiger partial charge in [0.05, 0.1) is 10.6 Å². The zero-order valence-electron chi connectivity index (χ0n) is 23.4. The molecule has 1 fully saturated rings. The van der Waals surface area contributed by atoms with Crippen LogP contribution in [0.25, 0.3) is 0 Å². The first-order valence-electron chi connectivity index (χ1n) is 13.7. The second-order valence-electron chi connectivity index (χ2n) is 10.5. The summed E-state index contributed by atoms with van der Waals surface area (Å²) in [5.74, 6) is -0.829. The molecule has 1 atom stereocenters. The first kappa shape index (κ1) is 30.9. The van der Waals surface area contributed by atoms with Crippen LogP contribution < -0.4 is 9.62 Å². The Balaban J connectivity index is 1.73. The van der Waals surface area contributed by atoms with Crippen molar-refractivity contribution in [2.75, 3.05) is 10.8 Å². The van der Waals surface area contributed by atoms with Crippen LogP contribution in [-0.2, 0) is 26.2 Å². The highest BCUT2D eigenvalue weighted by Gasteiger charge is 2.34. The second kappa shape index (κ2) is 13.3. The van der Waals surface area contributed by atoms with Crippen LogP contribution in [0.4, 0.5) is 5.69 Å². The highest BCUT2D eigenvalue weighted by atomic mass is 35.5. The van der Waals surface area contributed by atoms with Crippen molar-refractivity contribution in [3.8, 4) is 0 Å². The lowest BCUT2D eigenvalue weighted by atomic mass is 10.1. The lowest BCUT2D eigenvalue weighted by Gasteiger charge is -2.33. The Bertz CT molecular complexity index is 1510. The Hall–Kier alpha value is -3.07. The van der Waals surface area contributed by atoms with E-state index in [-0.39, 0.29) is 23.4 Å². The third kappa shape index (κ3) is 7.42. The van der Waals surface area contributed by atoms with Crippen molar-refractivity contribution in [1.29, 1.82) is 0 Å². The van der Waals surface area contributed by atoms with Gasteiger partial charge in [-0.2, -0.15) is 0 Å². The Morgan fingerprint density at radius 1 is 0.976 bits per heavy atom. The molecule has 1 saturated carbocycles. The van der Waals surface area contributed by atoms with Crippen LogP contribution in [0.3, 0.4) is 0 Å². The third-order valence-corrected chi connectivity index (χ3v) is 9.83. The Kier molecular flexibility index (Phi) is 10.00. The zero-order valence-corrected chi connectivity index (χ0v) is 25.8. The highest BCUT2D eigenvalue weighted by molar-refractivity contribution is 7.92. The van der Waals surface area contributed by atoms with Crippen LogP contribution in [0.2, 0.25) is 10.0 Å². The van der Waals surface area contributed by atoms with Gasteiger partial charge in [-0.1, -0.05) is 72.4 Å². The van der Waals surface area contributed by atoms with E-state index in [9.17, 15) is 18.0 Å². The molecule has 7 nitrogen and oxygen atoms in total. The van der Waals surface area contributed by atoms with Gasteiger partial charge >= 0.3 is 0 Å². The van der Waals surface area contributed by atoms with Crippen LogP contribution in [0.1, 0.15) is 49.3 Å². The largest absolute Gasteiger partial charge is 0.352 e. The quantitative estimate of drug-likeness (QED) is 0.291. The van der Waals surface area contributed by atoms with Gasteiger partial charge in [0.15, 0.2) is 0 Å². The Labute approximate surface area is 252 Å². The fourth-order valence-corrected chi connectivity index (χ4v) is 6.99. The summed E-state index contributed by atoms with van der Waals surface area (Å²) in [5, 5.41) is 3.85. The van der Waals surface area contributed by atoms with Crippen LogP contribution in [0, 0.1) is 13.8 Å². The van der Waals surface area contributed by atoms with E-state index in [2.05, 4.69) is 5.32 Å². The molecule has 0 aliphatic heterocycles.